The van der Waals surface area contributed by atoms with Crippen LogP contribution in [0.2, 0.25) is 0 Å². The second-order valence-electron chi connectivity index (χ2n) is 6.35. The molecule has 0 spiro atoms. The molecule has 0 unspecified atom stereocenters. The van der Waals surface area contributed by atoms with Crippen molar-refractivity contribution in [3.05, 3.63) is 75.7 Å². The number of rotatable bonds is 2. The summed E-state index contributed by atoms with van der Waals surface area (Å²) in [4.78, 5) is 15.5. The zero-order chi connectivity index (χ0) is 16.5. The standard InChI is InChI=1S/C20H20N2OS/c1-14-6-8-15(9-7-14)12-18-19(23)21-20(24-18)22-11-10-16-4-2-3-5-17(16)13-22/h2-9,12,20H,10-11,13H2,1H3,(H,21,23)/b18-12-/t20-/m1/s1. The highest BCUT2D eigenvalue weighted by atomic mass is 32.2. The van der Waals surface area contributed by atoms with Crippen molar-refractivity contribution in [1.82, 2.24) is 10.2 Å². The molecular weight excluding hydrogens is 316 g/mol. The van der Waals surface area contributed by atoms with Gasteiger partial charge < -0.3 is 5.32 Å². The van der Waals surface area contributed by atoms with Gasteiger partial charge in [0.05, 0.1) is 4.91 Å². The average Bonchev–Trinajstić information content (AvgIpc) is 2.97. The van der Waals surface area contributed by atoms with Crippen LogP contribution in [0.15, 0.2) is 53.4 Å². The molecule has 2 aromatic carbocycles. The van der Waals surface area contributed by atoms with Crippen molar-refractivity contribution in [3.63, 3.8) is 0 Å². The molecule has 0 bridgehead atoms. The average molecular weight is 336 g/mol. The van der Waals surface area contributed by atoms with Gasteiger partial charge in [-0.1, -0.05) is 65.9 Å². The summed E-state index contributed by atoms with van der Waals surface area (Å²) < 4.78 is 0. The lowest BCUT2D eigenvalue weighted by Crippen LogP contribution is -2.44. The summed E-state index contributed by atoms with van der Waals surface area (Å²) in [5.74, 6) is 0.0319. The smallest absolute Gasteiger partial charge is 0.259 e. The van der Waals surface area contributed by atoms with Gasteiger partial charge in [0.25, 0.3) is 5.91 Å². The number of hydrogen-bond acceptors (Lipinski definition) is 3. The van der Waals surface area contributed by atoms with Gasteiger partial charge in [-0.05, 0) is 36.1 Å². The van der Waals surface area contributed by atoms with Crippen LogP contribution in [-0.2, 0) is 17.8 Å². The number of carbonyl (C=O) groups excluding carboxylic acids is 1. The summed E-state index contributed by atoms with van der Waals surface area (Å²) in [6.45, 7) is 3.94. The van der Waals surface area contributed by atoms with Crippen LogP contribution in [-0.4, -0.2) is 22.8 Å². The van der Waals surface area contributed by atoms with Gasteiger partial charge in [0.15, 0.2) is 0 Å². The Labute approximate surface area is 146 Å². The van der Waals surface area contributed by atoms with Crippen LogP contribution < -0.4 is 5.32 Å². The van der Waals surface area contributed by atoms with Crippen LogP contribution >= 0.6 is 11.8 Å². The quantitative estimate of drug-likeness (QED) is 0.852. The van der Waals surface area contributed by atoms with E-state index in [-0.39, 0.29) is 11.4 Å². The molecule has 1 amide bonds. The molecule has 4 rings (SSSR count). The zero-order valence-electron chi connectivity index (χ0n) is 13.7. The predicted molar refractivity (Wildman–Crippen MR) is 99.2 cm³/mol. The fourth-order valence-electron chi connectivity index (χ4n) is 3.18. The lowest BCUT2D eigenvalue weighted by molar-refractivity contribution is -0.117. The molecule has 1 atom stereocenters. The fraction of sp³-hybridized carbons (Fsp3) is 0.250. The van der Waals surface area contributed by atoms with Crippen molar-refractivity contribution in [3.8, 4) is 0 Å². The van der Waals surface area contributed by atoms with Crippen molar-refractivity contribution >= 4 is 23.7 Å². The van der Waals surface area contributed by atoms with Crippen molar-refractivity contribution in [2.45, 2.75) is 25.4 Å². The van der Waals surface area contributed by atoms with Crippen LogP contribution in [0.1, 0.15) is 22.3 Å². The first-order valence-electron chi connectivity index (χ1n) is 8.26. The highest BCUT2D eigenvalue weighted by Crippen LogP contribution is 2.33. The van der Waals surface area contributed by atoms with Gasteiger partial charge >= 0.3 is 0 Å². The van der Waals surface area contributed by atoms with E-state index in [4.69, 9.17) is 0 Å². The third-order valence-corrected chi connectivity index (χ3v) is 5.78. The summed E-state index contributed by atoms with van der Waals surface area (Å²) in [7, 11) is 0. The van der Waals surface area contributed by atoms with Gasteiger partial charge in [-0.2, -0.15) is 0 Å². The van der Waals surface area contributed by atoms with Gasteiger partial charge in [0.1, 0.15) is 5.50 Å². The van der Waals surface area contributed by atoms with Gasteiger partial charge in [-0.25, -0.2) is 0 Å². The molecule has 24 heavy (non-hydrogen) atoms. The molecule has 1 fully saturated rings. The molecule has 3 nitrogen and oxygen atoms in total. The summed E-state index contributed by atoms with van der Waals surface area (Å²) in [5.41, 5.74) is 5.13. The van der Waals surface area contributed by atoms with E-state index >= 15 is 0 Å². The number of aryl methyl sites for hydroxylation is 1. The number of carbonyl (C=O) groups is 1. The predicted octanol–water partition coefficient (Wildman–Crippen LogP) is 3.54. The minimum atomic E-state index is 0.0301. The van der Waals surface area contributed by atoms with E-state index in [1.54, 1.807) is 11.8 Å². The Kier molecular flexibility index (Phi) is 4.17. The highest BCUT2D eigenvalue weighted by molar-refractivity contribution is 8.05. The number of amides is 1. The second-order valence-corrected chi connectivity index (χ2v) is 7.47. The third-order valence-electron chi connectivity index (χ3n) is 4.58. The molecule has 2 aliphatic rings. The van der Waals surface area contributed by atoms with E-state index in [1.807, 2.05) is 6.08 Å². The Balaban J connectivity index is 1.49. The van der Waals surface area contributed by atoms with E-state index in [0.717, 1.165) is 30.0 Å². The maximum atomic E-state index is 12.3. The Morgan fingerprint density at radius 2 is 1.88 bits per heavy atom. The molecule has 0 radical (unpaired) electrons. The SMILES string of the molecule is Cc1ccc(/C=C2\S[C@@H](N3CCc4ccccc4C3)NC2=O)cc1. The number of hydrogen-bond donors (Lipinski definition) is 1. The first kappa shape index (κ1) is 15.5. The molecule has 1 N–H and O–H groups in total. The zero-order valence-corrected chi connectivity index (χ0v) is 14.5. The summed E-state index contributed by atoms with van der Waals surface area (Å²) in [6, 6.07) is 16.8. The Morgan fingerprint density at radius 3 is 2.67 bits per heavy atom. The maximum Gasteiger partial charge on any atom is 0.259 e. The molecule has 2 aliphatic heterocycles. The van der Waals surface area contributed by atoms with Crippen LogP contribution in [0.25, 0.3) is 6.08 Å². The Bertz CT molecular complexity index is 798. The Hall–Kier alpha value is -2.04. The number of nitrogens with zero attached hydrogens (tertiary/aromatic N) is 1. The van der Waals surface area contributed by atoms with Gasteiger partial charge in [-0.3, -0.25) is 9.69 Å². The number of nitrogens with one attached hydrogen (secondary N) is 1. The first-order chi connectivity index (χ1) is 11.7. The van der Waals surface area contributed by atoms with Crippen molar-refractivity contribution in [2.75, 3.05) is 6.54 Å². The number of thioether (sulfide) groups is 1. The summed E-state index contributed by atoms with van der Waals surface area (Å²) >= 11 is 1.63. The van der Waals surface area contributed by atoms with Crippen LogP contribution in [0, 0.1) is 6.92 Å². The van der Waals surface area contributed by atoms with E-state index in [2.05, 4.69) is 65.7 Å². The Morgan fingerprint density at radius 1 is 1.12 bits per heavy atom. The molecule has 2 aromatic rings. The van der Waals surface area contributed by atoms with E-state index < -0.39 is 0 Å². The topological polar surface area (TPSA) is 32.3 Å². The monoisotopic (exact) mass is 336 g/mol. The normalized spacial score (nSPS) is 22.5. The molecule has 2 heterocycles. The molecule has 1 saturated heterocycles. The minimum absolute atomic E-state index is 0.0301. The van der Waals surface area contributed by atoms with Crippen molar-refractivity contribution in [1.29, 1.82) is 0 Å². The van der Waals surface area contributed by atoms with Crippen LogP contribution in [0.3, 0.4) is 0 Å². The third kappa shape index (κ3) is 3.12. The second kappa shape index (κ2) is 6.46. The van der Waals surface area contributed by atoms with Gasteiger partial charge in [0.2, 0.25) is 0 Å². The molecular formula is C20H20N2OS. The summed E-state index contributed by atoms with van der Waals surface area (Å²) in [6.07, 6.45) is 3.03. The van der Waals surface area contributed by atoms with Crippen molar-refractivity contribution in [2.24, 2.45) is 0 Å². The van der Waals surface area contributed by atoms with E-state index in [1.165, 1.54) is 16.7 Å². The molecule has 4 heteroatoms. The lowest BCUT2D eigenvalue weighted by Gasteiger charge is -2.32. The molecule has 122 valence electrons. The lowest BCUT2D eigenvalue weighted by atomic mass is 10.0. The van der Waals surface area contributed by atoms with Gasteiger partial charge in [-0.15, -0.1) is 0 Å². The molecule has 0 aromatic heterocycles. The number of fused-ring (bicyclic) bond motifs is 1. The fourth-order valence-corrected chi connectivity index (χ4v) is 4.29. The van der Waals surface area contributed by atoms with E-state index in [0.29, 0.717) is 0 Å². The largest absolute Gasteiger partial charge is 0.327 e. The molecule has 0 saturated carbocycles. The van der Waals surface area contributed by atoms with Gasteiger partial charge in [0, 0.05) is 13.1 Å². The summed E-state index contributed by atoms with van der Waals surface area (Å²) in [5, 5.41) is 3.12. The first-order valence-corrected chi connectivity index (χ1v) is 9.14. The maximum absolute atomic E-state index is 12.3. The molecule has 0 aliphatic carbocycles. The van der Waals surface area contributed by atoms with E-state index in [9.17, 15) is 4.79 Å². The van der Waals surface area contributed by atoms with Crippen LogP contribution in [0.5, 0.6) is 0 Å². The minimum Gasteiger partial charge on any atom is -0.327 e. The van der Waals surface area contributed by atoms with Crippen LogP contribution in [0.4, 0.5) is 0 Å². The number of benzene rings is 2. The van der Waals surface area contributed by atoms with Crippen molar-refractivity contribution < 1.29 is 4.79 Å². The highest BCUT2D eigenvalue weighted by Gasteiger charge is 2.33.